The summed E-state index contributed by atoms with van der Waals surface area (Å²) in [4.78, 5) is 36.8. The maximum Gasteiger partial charge on any atom is 0.339 e. The molecule has 0 aliphatic heterocycles. The molecule has 2 N–H and O–H groups in total. The molecule has 0 fully saturated rings. The Hall–Kier alpha value is -3.08. The van der Waals surface area contributed by atoms with Gasteiger partial charge in [0.25, 0.3) is 5.91 Å². The van der Waals surface area contributed by atoms with Crippen LogP contribution in [0, 0.1) is 0 Å². The van der Waals surface area contributed by atoms with Gasteiger partial charge in [0.15, 0.2) is 11.0 Å². The van der Waals surface area contributed by atoms with Crippen LogP contribution in [0.1, 0.15) is 39.5 Å². The Labute approximate surface area is 210 Å². The van der Waals surface area contributed by atoms with E-state index >= 15 is 0 Å². The molecule has 0 saturated carbocycles. The fourth-order valence-electron chi connectivity index (χ4n) is 3.01. The number of aromatic nitrogens is 3. The monoisotopic (exact) mass is 521 g/mol. The first-order chi connectivity index (χ1) is 16.2. The number of hydrogen-bond acceptors (Lipinski definition) is 7. The number of rotatable bonds is 8. The molecule has 0 spiro atoms. The third-order valence-corrected chi connectivity index (χ3v) is 6.48. The first-order valence-electron chi connectivity index (χ1n) is 9.96. The number of amides is 2. The molecule has 0 radical (unpaired) electrons. The number of carbonyl (C=O) groups excluding carboxylic acids is 3. The third-order valence-electron chi connectivity index (χ3n) is 4.72. The fourth-order valence-corrected chi connectivity index (χ4v) is 4.02. The molecular weight excluding hydrogens is 501 g/mol. The number of nitrogens with zero attached hydrogens (tertiary/aromatic N) is 3. The lowest BCUT2D eigenvalue weighted by Gasteiger charge is -2.14. The molecule has 0 saturated heterocycles. The zero-order chi connectivity index (χ0) is 24.8. The molecule has 178 valence electrons. The molecule has 0 aliphatic rings. The normalized spacial score (nSPS) is 11.6. The van der Waals surface area contributed by atoms with Gasteiger partial charge < -0.3 is 19.9 Å². The number of para-hydroxylation sites is 1. The van der Waals surface area contributed by atoms with Crippen molar-refractivity contribution >= 4 is 58.4 Å². The van der Waals surface area contributed by atoms with Crippen LogP contribution in [0.4, 0.5) is 5.69 Å². The van der Waals surface area contributed by atoms with Crippen molar-refractivity contribution in [3.63, 3.8) is 0 Å². The number of ether oxygens (including phenoxy) is 1. The summed E-state index contributed by atoms with van der Waals surface area (Å²) < 4.78 is 6.43. The summed E-state index contributed by atoms with van der Waals surface area (Å²) in [5, 5.41) is 14.9. The van der Waals surface area contributed by atoms with E-state index in [0.717, 1.165) is 0 Å². The van der Waals surface area contributed by atoms with E-state index in [-0.39, 0.29) is 28.2 Å². The van der Waals surface area contributed by atoms with Gasteiger partial charge >= 0.3 is 5.97 Å². The lowest BCUT2D eigenvalue weighted by molar-refractivity contribution is -0.113. The van der Waals surface area contributed by atoms with Crippen molar-refractivity contribution in [3.05, 3.63) is 69.5 Å². The molecule has 0 unspecified atom stereocenters. The van der Waals surface area contributed by atoms with Gasteiger partial charge in [0, 0.05) is 12.6 Å². The van der Waals surface area contributed by atoms with Crippen LogP contribution in [0.5, 0.6) is 0 Å². The molecule has 12 heteroatoms. The molecule has 1 atom stereocenters. The van der Waals surface area contributed by atoms with Gasteiger partial charge in [-0.25, -0.2) is 4.79 Å². The van der Waals surface area contributed by atoms with Crippen molar-refractivity contribution in [2.24, 2.45) is 7.05 Å². The van der Waals surface area contributed by atoms with E-state index in [1.165, 1.54) is 24.9 Å². The average molecular weight is 522 g/mol. The number of esters is 1. The summed E-state index contributed by atoms with van der Waals surface area (Å²) in [6.07, 6.45) is 0. The van der Waals surface area contributed by atoms with E-state index in [4.69, 9.17) is 27.9 Å². The zero-order valence-corrected chi connectivity index (χ0v) is 20.8. The third kappa shape index (κ3) is 6.07. The highest BCUT2D eigenvalue weighted by Crippen LogP contribution is 2.24. The minimum atomic E-state index is -0.543. The zero-order valence-electron chi connectivity index (χ0n) is 18.5. The number of carbonyl (C=O) groups is 3. The second-order valence-electron chi connectivity index (χ2n) is 7.10. The topological polar surface area (TPSA) is 115 Å². The van der Waals surface area contributed by atoms with Crippen molar-refractivity contribution in [1.82, 2.24) is 20.1 Å². The summed E-state index contributed by atoms with van der Waals surface area (Å²) in [6.45, 7) is 1.77. The minimum Gasteiger partial charge on any atom is -0.465 e. The Bertz CT molecular complexity index is 1230. The number of nitrogens with one attached hydrogen (secondary N) is 2. The first-order valence-corrected chi connectivity index (χ1v) is 11.7. The smallest absolute Gasteiger partial charge is 0.339 e. The Morgan fingerprint density at radius 2 is 1.85 bits per heavy atom. The van der Waals surface area contributed by atoms with E-state index in [2.05, 4.69) is 20.8 Å². The SMILES string of the molecule is COC(=O)c1ccccc1NC(=O)CSc1nnc([C@H](C)NC(=O)c2ccc(Cl)c(Cl)c2)n1C. The van der Waals surface area contributed by atoms with Crippen LogP contribution in [-0.2, 0) is 16.6 Å². The summed E-state index contributed by atoms with van der Waals surface area (Å²) in [5.41, 5.74) is 0.981. The molecule has 9 nitrogen and oxygen atoms in total. The van der Waals surface area contributed by atoms with E-state index in [0.29, 0.717) is 27.3 Å². The van der Waals surface area contributed by atoms with Crippen LogP contribution >= 0.6 is 35.0 Å². The summed E-state index contributed by atoms with van der Waals surface area (Å²) >= 11 is 13.1. The van der Waals surface area contributed by atoms with Gasteiger partial charge in [0.2, 0.25) is 5.91 Å². The number of halogens is 2. The standard InChI is InChI=1S/C22H21Cl2N5O4S/c1-12(25-20(31)13-8-9-15(23)16(24)10-13)19-27-28-22(29(19)2)34-11-18(30)26-17-7-5-4-6-14(17)21(32)33-3/h4-10,12H,11H2,1-3H3,(H,25,31)(H,26,30)/t12-/m0/s1. The lowest BCUT2D eigenvalue weighted by atomic mass is 10.2. The molecule has 34 heavy (non-hydrogen) atoms. The van der Waals surface area contributed by atoms with Gasteiger partial charge in [-0.1, -0.05) is 47.1 Å². The summed E-state index contributed by atoms with van der Waals surface area (Å²) in [6, 6.07) is 10.7. The van der Waals surface area contributed by atoms with Crippen molar-refractivity contribution in [2.45, 2.75) is 18.1 Å². The fraction of sp³-hybridized carbons (Fsp3) is 0.227. The molecule has 0 bridgehead atoms. The molecular formula is C22H21Cl2N5O4S. The molecule has 3 rings (SSSR count). The maximum absolute atomic E-state index is 12.5. The predicted molar refractivity (Wildman–Crippen MR) is 130 cm³/mol. The highest BCUT2D eigenvalue weighted by molar-refractivity contribution is 7.99. The van der Waals surface area contributed by atoms with Crippen LogP contribution in [0.15, 0.2) is 47.6 Å². The van der Waals surface area contributed by atoms with Gasteiger partial charge in [-0.3, -0.25) is 9.59 Å². The highest BCUT2D eigenvalue weighted by atomic mass is 35.5. The summed E-state index contributed by atoms with van der Waals surface area (Å²) in [5.74, 6) is -0.671. The van der Waals surface area contributed by atoms with Crippen LogP contribution in [0.2, 0.25) is 10.0 Å². The van der Waals surface area contributed by atoms with Gasteiger partial charge in [-0.05, 0) is 37.3 Å². The van der Waals surface area contributed by atoms with Crippen LogP contribution in [0.25, 0.3) is 0 Å². The van der Waals surface area contributed by atoms with E-state index in [1.54, 1.807) is 54.9 Å². The molecule has 2 amide bonds. The average Bonchev–Trinajstić information content (AvgIpc) is 3.19. The molecule has 2 aromatic carbocycles. The van der Waals surface area contributed by atoms with E-state index in [9.17, 15) is 14.4 Å². The predicted octanol–water partition coefficient (Wildman–Crippen LogP) is 4.13. The second kappa shape index (κ2) is 11.4. The number of anilines is 1. The van der Waals surface area contributed by atoms with E-state index < -0.39 is 12.0 Å². The number of methoxy groups -OCH3 is 1. The first kappa shape index (κ1) is 25.5. The molecule has 1 heterocycles. The van der Waals surface area contributed by atoms with Crippen LogP contribution < -0.4 is 10.6 Å². The molecule has 0 aliphatic carbocycles. The Morgan fingerprint density at radius 1 is 1.12 bits per heavy atom. The van der Waals surface area contributed by atoms with Crippen molar-refractivity contribution < 1.29 is 19.1 Å². The molecule has 1 aromatic heterocycles. The minimum absolute atomic E-state index is 0.0332. The number of thioether (sulfide) groups is 1. The van der Waals surface area contributed by atoms with Crippen molar-refractivity contribution in [2.75, 3.05) is 18.2 Å². The number of benzene rings is 2. The quantitative estimate of drug-likeness (QED) is 0.338. The second-order valence-corrected chi connectivity index (χ2v) is 8.85. The maximum atomic E-state index is 12.5. The largest absolute Gasteiger partial charge is 0.465 e. The van der Waals surface area contributed by atoms with E-state index in [1.807, 2.05) is 0 Å². The highest BCUT2D eigenvalue weighted by Gasteiger charge is 2.20. The van der Waals surface area contributed by atoms with Crippen molar-refractivity contribution in [1.29, 1.82) is 0 Å². The lowest BCUT2D eigenvalue weighted by Crippen LogP contribution is -2.28. The Kier molecular flexibility index (Phi) is 8.54. The Balaban J connectivity index is 1.61. The Morgan fingerprint density at radius 3 is 2.56 bits per heavy atom. The van der Waals surface area contributed by atoms with Gasteiger partial charge in [-0.2, -0.15) is 0 Å². The van der Waals surface area contributed by atoms with Gasteiger partial charge in [-0.15, -0.1) is 10.2 Å². The molecule has 3 aromatic rings. The number of hydrogen-bond donors (Lipinski definition) is 2. The van der Waals surface area contributed by atoms with Crippen LogP contribution in [-0.4, -0.2) is 45.4 Å². The van der Waals surface area contributed by atoms with Gasteiger partial charge in [0.05, 0.1) is 40.2 Å². The van der Waals surface area contributed by atoms with Gasteiger partial charge in [0.1, 0.15) is 0 Å². The van der Waals surface area contributed by atoms with Crippen molar-refractivity contribution in [3.8, 4) is 0 Å². The summed E-state index contributed by atoms with van der Waals surface area (Å²) in [7, 11) is 3.01. The van der Waals surface area contributed by atoms with Crippen LogP contribution in [0.3, 0.4) is 0 Å².